The molecule has 9 heteroatoms. The van der Waals surface area contributed by atoms with Gasteiger partial charge in [-0.2, -0.15) is 0 Å². The predicted octanol–water partition coefficient (Wildman–Crippen LogP) is 0.709. The van der Waals surface area contributed by atoms with Gasteiger partial charge in [0.25, 0.3) is 6.43 Å². The van der Waals surface area contributed by atoms with E-state index >= 15 is 0 Å². The number of halogens is 2. The maximum atomic E-state index is 12.0. The Morgan fingerprint density at radius 2 is 2.06 bits per heavy atom. The number of primary sulfonamides is 1. The van der Waals surface area contributed by atoms with Crippen LogP contribution in [0, 0.1) is 0 Å². The van der Waals surface area contributed by atoms with Crippen LogP contribution in [0.25, 0.3) is 0 Å². The van der Waals surface area contributed by atoms with Gasteiger partial charge in [-0.1, -0.05) is 0 Å². The van der Waals surface area contributed by atoms with E-state index < -0.39 is 39.4 Å². The van der Waals surface area contributed by atoms with Crippen molar-refractivity contribution in [3.05, 3.63) is 23.8 Å². The molecule has 0 aliphatic carbocycles. The van der Waals surface area contributed by atoms with Gasteiger partial charge < -0.3 is 10.4 Å². The first-order chi connectivity index (χ1) is 8.21. The number of carbonyl (C=O) groups is 1. The van der Waals surface area contributed by atoms with Crippen molar-refractivity contribution < 1.29 is 27.1 Å². The Balaban J connectivity index is 3.17. The van der Waals surface area contributed by atoms with Crippen LogP contribution in [-0.2, 0) is 10.0 Å². The number of carboxylic acids is 1. The molecule has 0 aliphatic heterocycles. The maximum absolute atomic E-state index is 12.0. The van der Waals surface area contributed by atoms with Crippen LogP contribution in [0.3, 0.4) is 0 Å². The Bertz CT molecular complexity index is 560. The van der Waals surface area contributed by atoms with Gasteiger partial charge in [-0.25, -0.2) is 27.1 Å². The number of hydrogen-bond acceptors (Lipinski definition) is 4. The quantitative estimate of drug-likeness (QED) is 0.735. The lowest BCUT2D eigenvalue weighted by Gasteiger charge is -2.10. The zero-order valence-corrected chi connectivity index (χ0v) is 9.75. The van der Waals surface area contributed by atoms with Crippen LogP contribution in [0.1, 0.15) is 10.4 Å². The maximum Gasteiger partial charge on any atom is 0.337 e. The molecule has 0 aromatic heterocycles. The van der Waals surface area contributed by atoms with Crippen LogP contribution in [0.2, 0.25) is 0 Å². The number of anilines is 1. The van der Waals surface area contributed by atoms with E-state index in [1.165, 1.54) is 0 Å². The first kappa shape index (κ1) is 14.3. The molecule has 0 bridgehead atoms. The van der Waals surface area contributed by atoms with Crippen molar-refractivity contribution in [2.45, 2.75) is 11.3 Å². The lowest BCUT2D eigenvalue weighted by atomic mass is 10.2. The van der Waals surface area contributed by atoms with Gasteiger partial charge in [-0.05, 0) is 18.2 Å². The van der Waals surface area contributed by atoms with Crippen LogP contribution < -0.4 is 10.5 Å². The predicted molar refractivity (Wildman–Crippen MR) is 59.3 cm³/mol. The third-order valence-electron chi connectivity index (χ3n) is 2.00. The largest absolute Gasteiger partial charge is 0.478 e. The minimum Gasteiger partial charge on any atom is -0.478 e. The summed E-state index contributed by atoms with van der Waals surface area (Å²) in [6.07, 6.45) is -2.66. The number of sulfonamides is 1. The van der Waals surface area contributed by atoms with E-state index in [-0.39, 0.29) is 5.69 Å². The number of alkyl halides is 2. The monoisotopic (exact) mass is 280 g/mol. The van der Waals surface area contributed by atoms with Crippen molar-refractivity contribution in [1.29, 1.82) is 0 Å². The van der Waals surface area contributed by atoms with Gasteiger partial charge in [0.2, 0.25) is 10.0 Å². The number of aromatic carboxylic acids is 1. The van der Waals surface area contributed by atoms with Crippen molar-refractivity contribution in [3.8, 4) is 0 Å². The first-order valence-corrected chi connectivity index (χ1v) is 6.18. The molecule has 0 unspecified atom stereocenters. The Morgan fingerprint density at radius 3 is 2.50 bits per heavy atom. The fraction of sp³-hybridized carbons (Fsp3) is 0.222. The van der Waals surface area contributed by atoms with Gasteiger partial charge in [0.15, 0.2) is 0 Å². The van der Waals surface area contributed by atoms with E-state index in [1.807, 2.05) is 0 Å². The third kappa shape index (κ3) is 3.64. The molecule has 100 valence electrons. The summed E-state index contributed by atoms with van der Waals surface area (Å²) < 4.78 is 46.1. The second kappa shape index (κ2) is 5.27. The van der Waals surface area contributed by atoms with Crippen molar-refractivity contribution in [1.82, 2.24) is 0 Å². The van der Waals surface area contributed by atoms with Crippen LogP contribution >= 0.6 is 0 Å². The molecule has 0 fully saturated rings. The molecule has 1 rings (SSSR count). The van der Waals surface area contributed by atoms with Gasteiger partial charge in [-0.15, -0.1) is 0 Å². The highest BCUT2D eigenvalue weighted by molar-refractivity contribution is 7.89. The first-order valence-electron chi connectivity index (χ1n) is 4.64. The fourth-order valence-corrected chi connectivity index (χ4v) is 1.76. The second-order valence-corrected chi connectivity index (χ2v) is 4.89. The molecule has 4 N–H and O–H groups in total. The molecule has 0 saturated heterocycles. The van der Waals surface area contributed by atoms with Crippen LogP contribution in [0.4, 0.5) is 14.5 Å². The number of nitrogens with two attached hydrogens (primary N) is 1. The smallest absolute Gasteiger partial charge is 0.337 e. The molecule has 0 amide bonds. The number of hydrogen-bond donors (Lipinski definition) is 3. The molecule has 0 radical (unpaired) electrons. The van der Waals surface area contributed by atoms with Crippen LogP contribution in [-0.4, -0.2) is 32.5 Å². The minimum absolute atomic E-state index is 0.102. The summed E-state index contributed by atoms with van der Waals surface area (Å²) in [4.78, 5) is 10.5. The van der Waals surface area contributed by atoms with E-state index in [0.717, 1.165) is 18.2 Å². The van der Waals surface area contributed by atoms with E-state index in [2.05, 4.69) is 5.32 Å². The van der Waals surface area contributed by atoms with Crippen LogP contribution in [0.15, 0.2) is 23.1 Å². The van der Waals surface area contributed by atoms with Crippen molar-refractivity contribution >= 4 is 21.7 Å². The van der Waals surface area contributed by atoms with Gasteiger partial charge in [0.1, 0.15) is 0 Å². The van der Waals surface area contributed by atoms with Crippen molar-refractivity contribution in [2.24, 2.45) is 5.14 Å². The number of nitrogens with one attached hydrogen (secondary N) is 1. The van der Waals surface area contributed by atoms with E-state index in [0.29, 0.717) is 0 Å². The summed E-state index contributed by atoms with van der Waals surface area (Å²) in [7, 11) is -4.05. The standard InChI is InChI=1S/C9H10F2N2O4S/c10-8(11)4-13-7-2-1-5(18(12,16)17)3-6(7)9(14)15/h1-3,8,13H,4H2,(H,14,15)(H2,12,16,17). The third-order valence-corrected chi connectivity index (χ3v) is 2.91. The topological polar surface area (TPSA) is 109 Å². The summed E-state index contributed by atoms with van der Waals surface area (Å²) in [6.45, 7) is -0.741. The lowest BCUT2D eigenvalue weighted by Crippen LogP contribution is -2.16. The molecule has 0 atom stereocenters. The van der Waals surface area contributed by atoms with E-state index in [1.54, 1.807) is 0 Å². The molecule has 1 aromatic rings. The number of rotatable bonds is 5. The highest BCUT2D eigenvalue weighted by atomic mass is 32.2. The molecule has 6 nitrogen and oxygen atoms in total. The summed E-state index contributed by atoms with van der Waals surface area (Å²) >= 11 is 0. The fourth-order valence-electron chi connectivity index (χ4n) is 1.22. The highest BCUT2D eigenvalue weighted by Crippen LogP contribution is 2.20. The Labute approximate surface area is 101 Å². The minimum atomic E-state index is -4.05. The number of carboxylic acid groups (broad SMARTS) is 1. The molecule has 0 heterocycles. The lowest BCUT2D eigenvalue weighted by molar-refractivity contribution is 0.0697. The zero-order valence-electron chi connectivity index (χ0n) is 8.93. The van der Waals surface area contributed by atoms with E-state index in [9.17, 15) is 22.0 Å². The average Bonchev–Trinajstić information content (AvgIpc) is 2.24. The average molecular weight is 280 g/mol. The Kier molecular flexibility index (Phi) is 4.19. The molecule has 18 heavy (non-hydrogen) atoms. The van der Waals surface area contributed by atoms with Crippen molar-refractivity contribution in [2.75, 3.05) is 11.9 Å². The van der Waals surface area contributed by atoms with Crippen molar-refractivity contribution in [3.63, 3.8) is 0 Å². The molecular weight excluding hydrogens is 270 g/mol. The zero-order chi connectivity index (χ0) is 13.9. The summed E-state index contributed by atoms with van der Waals surface area (Å²) in [5, 5.41) is 15.9. The second-order valence-electron chi connectivity index (χ2n) is 3.33. The SMILES string of the molecule is NS(=O)(=O)c1ccc(NCC(F)F)c(C(=O)O)c1. The highest BCUT2D eigenvalue weighted by Gasteiger charge is 2.16. The van der Waals surface area contributed by atoms with Crippen LogP contribution in [0.5, 0.6) is 0 Å². The van der Waals surface area contributed by atoms with Gasteiger partial charge in [0.05, 0.1) is 17.0 Å². The summed E-state index contributed by atoms with van der Waals surface area (Å²) in [6, 6.07) is 2.92. The molecule has 0 aliphatic rings. The Morgan fingerprint density at radius 1 is 1.44 bits per heavy atom. The van der Waals surface area contributed by atoms with E-state index in [4.69, 9.17) is 10.2 Å². The molecule has 0 spiro atoms. The molecule has 0 saturated carbocycles. The molecule has 1 aromatic carbocycles. The van der Waals surface area contributed by atoms with Gasteiger partial charge in [-0.3, -0.25) is 0 Å². The molecular formula is C9H10F2N2O4S. The van der Waals surface area contributed by atoms with Gasteiger partial charge in [0, 0.05) is 5.69 Å². The normalized spacial score (nSPS) is 11.6. The van der Waals surface area contributed by atoms with Gasteiger partial charge >= 0.3 is 5.97 Å². The summed E-state index contributed by atoms with van der Waals surface area (Å²) in [5.41, 5.74) is -0.544. The summed E-state index contributed by atoms with van der Waals surface area (Å²) in [5.74, 6) is -1.45. The number of benzene rings is 1. The Hall–Kier alpha value is -1.74.